The SMILES string of the molecule is CC.PCNCc1ccccc1. The number of rotatable bonds is 3. The van der Waals surface area contributed by atoms with Gasteiger partial charge in [-0.05, 0) is 5.56 Å². The minimum absolute atomic E-state index is 0.953. The molecule has 12 heavy (non-hydrogen) atoms. The zero-order valence-electron chi connectivity index (χ0n) is 7.88. The summed E-state index contributed by atoms with van der Waals surface area (Å²) in [6.07, 6.45) is 0.953. The normalized spacial score (nSPS) is 8.58. The summed E-state index contributed by atoms with van der Waals surface area (Å²) >= 11 is 0. The lowest BCUT2D eigenvalue weighted by Gasteiger charge is -1.99. The van der Waals surface area contributed by atoms with Gasteiger partial charge >= 0.3 is 0 Å². The van der Waals surface area contributed by atoms with Gasteiger partial charge in [0.2, 0.25) is 0 Å². The first-order valence-electron chi connectivity index (χ1n) is 4.38. The monoisotopic (exact) mass is 183 g/mol. The van der Waals surface area contributed by atoms with Crippen LogP contribution in [0.15, 0.2) is 30.3 Å². The summed E-state index contributed by atoms with van der Waals surface area (Å²) in [6, 6.07) is 10.4. The van der Waals surface area contributed by atoms with Gasteiger partial charge in [0.05, 0.1) is 0 Å². The van der Waals surface area contributed by atoms with E-state index < -0.39 is 0 Å². The maximum Gasteiger partial charge on any atom is 0.0208 e. The van der Waals surface area contributed by atoms with E-state index in [0.29, 0.717) is 0 Å². The molecule has 1 aromatic rings. The maximum absolute atomic E-state index is 3.23. The Morgan fingerprint density at radius 3 is 2.25 bits per heavy atom. The van der Waals surface area contributed by atoms with Crippen LogP contribution in [-0.4, -0.2) is 6.29 Å². The van der Waals surface area contributed by atoms with Crippen molar-refractivity contribution in [2.45, 2.75) is 20.4 Å². The molecule has 1 aromatic carbocycles. The highest BCUT2D eigenvalue weighted by Gasteiger charge is 1.85. The number of hydrogen-bond acceptors (Lipinski definition) is 1. The second-order valence-electron chi connectivity index (χ2n) is 2.12. The van der Waals surface area contributed by atoms with Crippen molar-refractivity contribution in [2.75, 3.05) is 6.29 Å². The fourth-order valence-corrected chi connectivity index (χ4v) is 0.957. The Bertz CT molecular complexity index is 174. The van der Waals surface area contributed by atoms with Gasteiger partial charge in [0.25, 0.3) is 0 Å². The number of hydrogen-bond donors (Lipinski definition) is 1. The fourth-order valence-electron chi connectivity index (χ4n) is 0.812. The second kappa shape index (κ2) is 8.70. The average molecular weight is 183 g/mol. The van der Waals surface area contributed by atoms with Gasteiger partial charge in [-0.1, -0.05) is 44.2 Å². The Morgan fingerprint density at radius 2 is 1.75 bits per heavy atom. The first-order chi connectivity index (χ1) is 5.93. The Hall–Kier alpha value is -0.390. The number of benzene rings is 1. The molecule has 0 aromatic heterocycles. The van der Waals surface area contributed by atoms with Crippen molar-refractivity contribution >= 4 is 9.24 Å². The summed E-state index contributed by atoms with van der Waals surface area (Å²) in [7, 11) is 2.64. The molecule has 0 fully saturated rings. The second-order valence-corrected chi connectivity index (χ2v) is 2.52. The fraction of sp³-hybridized carbons (Fsp3) is 0.400. The van der Waals surface area contributed by atoms with Crippen LogP contribution in [0.3, 0.4) is 0 Å². The van der Waals surface area contributed by atoms with Gasteiger partial charge < -0.3 is 5.32 Å². The van der Waals surface area contributed by atoms with Gasteiger partial charge in [0.15, 0.2) is 0 Å². The molecular weight excluding hydrogens is 165 g/mol. The summed E-state index contributed by atoms with van der Waals surface area (Å²) in [5.74, 6) is 0. The number of nitrogens with one attached hydrogen (secondary N) is 1. The summed E-state index contributed by atoms with van der Waals surface area (Å²) in [5, 5.41) is 3.23. The van der Waals surface area contributed by atoms with E-state index >= 15 is 0 Å². The molecule has 0 aliphatic rings. The van der Waals surface area contributed by atoms with Gasteiger partial charge in [-0.25, -0.2) is 0 Å². The van der Waals surface area contributed by atoms with Gasteiger partial charge in [-0.3, -0.25) is 0 Å². The summed E-state index contributed by atoms with van der Waals surface area (Å²) in [6.45, 7) is 4.96. The third kappa shape index (κ3) is 5.29. The van der Waals surface area contributed by atoms with Crippen LogP contribution >= 0.6 is 9.24 Å². The quantitative estimate of drug-likeness (QED) is 0.710. The molecule has 0 aliphatic carbocycles. The highest BCUT2D eigenvalue weighted by molar-refractivity contribution is 7.16. The minimum Gasteiger partial charge on any atom is -0.309 e. The molecule has 0 aliphatic heterocycles. The lowest BCUT2D eigenvalue weighted by molar-refractivity contribution is 0.796. The third-order valence-corrected chi connectivity index (χ3v) is 1.60. The maximum atomic E-state index is 3.23. The molecular formula is C10H18NP. The van der Waals surface area contributed by atoms with Crippen molar-refractivity contribution in [2.24, 2.45) is 0 Å². The van der Waals surface area contributed by atoms with E-state index in [1.54, 1.807) is 0 Å². The van der Waals surface area contributed by atoms with Gasteiger partial charge in [0, 0.05) is 12.8 Å². The Balaban J connectivity index is 0.000000561. The Kier molecular flexibility index (Phi) is 8.42. The molecule has 1 rings (SSSR count). The lowest BCUT2D eigenvalue weighted by atomic mass is 10.2. The van der Waals surface area contributed by atoms with Crippen LogP contribution in [0, 0.1) is 0 Å². The topological polar surface area (TPSA) is 12.0 Å². The molecule has 1 unspecified atom stereocenters. The van der Waals surface area contributed by atoms with Crippen molar-refractivity contribution in [3.05, 3.63) is 35.9 Å². The van der Waals surface area contributed by atoms with Crippen LogP contribution in [0.1, 0.15) is 19.4 Å². The predicted molar refractivity (Wildman–Crippen MR) is 59.2 cm³/mol. The van der Waals surface area contributed by atoms with E-state index in [9.17, 15) is 0 Å². The van der Waals surface area contributed by atoms with Crippen molar-refractivity contribution < 1.29 is 0 Å². The van der Waals surface area contributed by atoms with Crippen LogP contribution in [0.5, 0.6) is 0 Å². The predicted octanol–water partition coefficient (Wildman–Crippen LogP) is 2.64. The highest BCUT2D eigenvalue weighted by Crippen LogP contribution is 1.96. The van der Waals surface area contributed by atoms with Gasteiger partial charge in [-0.2, -0.15) is 0 Å². The van der Waals surface area contributed by atoms with Crippen molar-refractivity contribution in [3.8, 4) is 0 Å². The van der Waals surface area contributed by atoms with E-state index in [1.165, 1.54) is 5.56 Å². The van der Waals surface area contributed by atoms with E-state index in [0.717, 1.165) is 12.8 Å². The highest BCUT2D eigenvalue weighted by atomic mass is 31.0. The molecule has 68 valence electrons. The molecule has 1 atom stereocenters. The van der Waals surface area contributed by atoms with Crippen LogP contribution in [0.4, 0.5) is 0 Å². The molecule has 1 N–H and O–H groups in total. The van der Waals surface area contributed by atoms with E-state index in [-0.39, 0.29) is 0 Å². The molecule has 0 heterocycles. The van der Waals surface area contributed by atoms with Crippen molar-refractivity contribution in [1.82, 2.24) is 5.32 Å². The van der Waals surface area contributed by atoms with E-state index in [4.69, 9.17) is 0 Å². The van der Waals surface area contributed by atoms with E-state index in [2.05, 4.69) is 38.8 Å². The third-order valence-electron chi connectivity index (χ3n) is 1.32. The molecule has 0 amide bonds. The average Bonchev–Trinajstić information content (AvgIpc) is 2.19. The largest absolute Gasteiger partial charge is 0.309 e. The van der Waals surface area contributed by atoms with Gasteiger partial charge in [0.1, 0.15) is 0 Å². The smallest absolute Gasteiger partial charge is 0.0208 e. The molecule has 0 radical (unpaired) electrons. The van der Waals surface area contributed by atoms with Crippen LogP contribution in [-0.2, 0) is 6.54 Å². The summed E-state index contributed by atoms with van der Waals surface area (Å²) < 4.78 is 0. The Labute approximate surface area is 77.8 Å². The Morgan fingerprint density at radius 1 is 1.17 bits per heavy atom. The molecule has 0 saturated carbocycles. The van der Waals surface area contributed by atoms with Crippen molar-refractivity contribution in [1.29, 1.82) is 0 Å². The zero-order chi connectivity index (χ0) is 9.23. The van der Waals surface area contributed by atoms with Gasteiger partial charge in [-0.15, -0.1) is 9.24 Å². The lowest BCUT2D eigenvalue weighted by Crippen LogP contribution is -2.09. The molecule has 0 bridgehead atoms. The first kappa shape index (κ1) is 11.6. The van der Waals surface area contributed by atoms with Crippen molar-refractivity contribution in [3.63, 3.8) is 0 Å². The molecule has 1 nitrogen and oxygen atoms in total. The first-order valence-corrected chi connectivity index (χ1v) is 5.20. The summed E-state index contributed by atoms with van der Waals surface area (Å²) in [5.41, 5.74) is 1.34. The van der Waals surface area contributed by atoms with E-state index in [1.807, 2.05) is 19.9 Å². The molecule has 0 saturated heterocycles. The summed E-state index contributed by atoms with van der Waals surface area (Å²) in [4.78, 5) is 0. The zero-order valence-corrected chi connectivity index (χ0v) is 9.03. The van der Waals surface area contributed by atoms with Crippen LogP contribution in [0.2, 0.25) is 0 Å². The standard InChI is InChI=1S/C8H12NP.C2H6/c10-7-9-6-8-4-2-1-3-5-8;1-2/h1-5,9H,6-7,10H2;1-2H3. The van der Waals surface area contributed by atoms with Crippen LogP contribution in [0.25, 0.3) is 0 Å². The minimum atomic E-state index is 0.953. The van der Waals surface area contributed by atoms with Crippen LogP contribution < -0.4 is 5.32 Å². The molecule has 2 heteroatoms. The molecule has 0 spiro atoms.